The van der Waals surface area contributed by atoms with Gasteiger partial charge in [-0.3, -0.25) is 9.88 Å². The number of hydrogen-bond acceptors (Lipinski definition) is 3. The summed E-state index contributed by atoms with van der Waals surface area (Å²) in [6.45, 7) is 9.20. The molecule has 2 heterocycles. The van der Waals surface area contributed by atoms with Gasteiger partial charge in [-0.1, -0.05) is 13.8 Å². The van der Waals surface area contributed by atoms with Crippen LogP contribution in [-0.2, 0) is 0 Å². The Labute approximate surface area is 110 Å². The molecule has 0 spiro atoms. The van der Waals surface area contributed by atoms with Crippen molar-refractivity contribution in [3.05, 3.63) is 24.0 Å². The Morgan fingerprint density at radius 3 is 2.44 bits per heavy atom. The molecule has 0 unspecified atom stereocenters. The van der Waals surface area contributed by atoms with Gasteiger partial charge in [0.05, 0.1) is 11.9 Å². The molecule has 1 saturated carbocycles. The van der Waals surface area contributed by atoms with E-state index in [9.17, 15) is 0 Å². The molecule has 0 bridgehead atoms. The number of piperazine rings is 1. The van der Waals surface area contributed by atoms with Gasteiger partial charge >= 0.3 is 0 Å². The molecule has 1 saturated heterocycles. The smallest absolute Gasteiger partial charge is 0.0556 e. The summed E-state index contributed by atoms with van der Waals surface area (Å²) < 4.78 is 0. The molecule has 3 rings (SSSR count). The topological polar surface area (TPSA) is 19.4 Å². The first-order valence-electron chi connectivity index (χ1n) is 7.18. The van der Waals surface area contributed by atoms with Crippen LogP contribution in [0.4, 0.5) is 5.69 Å². The molecule has 1 aromatic heterocycles. The molecule has 0 radical (unpaired) electrons. The quantitative estimate of drug-likeness (QED) is 0.815. The molecule has 1 aromatic rings. The predicted octanol–water partition coefficient (Wildman–Crippen LogP) is 2.49. The first-order chi connectivity index (χ1) is 8.74. The minimum atomic E-state index is 0.560. The Morgan fingerprint density at radius 2 is 1.83 bits per heavy atom. The normalized spacial score (nSPS) is 21.6. The van der Waals surface area contributed by atoms with Gasteiger partial charge in [-0.25, -0.2) is 0 Å². The van der Waals surface area contributed by atoms with Crippen LogP contribution in [0.3, 0.4) is 0 Å². The predicted molar refractivity (Wildman–Crippen MR) is 75.1 cm³/mol. The second-order valence-corrected chi connectivity index (χ2v) is 5.89. The lowest BCUT2D eigenvalue weighted by molar-refractivity contribution is 0.248. The van der Waals surface area contributed by atoms with Gasteiger partial charge in [-0.05, 0) is 30.4 Å². The number of pyridine rings is 1. The van der Waals surface area contributed by atoms with Gasteiger partial charge in [-0.2, -0.15) is 0 Å². The van der Waals surface area contributed by atoms with Crippen LogP contribution in [0.2, 0.25) is 0 Å². The fourth-order valence-electron chi connectivity index (χ4n) is 2.72. The van der Waals surface area contributed by atoms with Crippen LogP contribution < -0.4 is 4.90 Å². The highest BCUT2D eigenvalue weighted by Gasteiger charge is 2.31. The number of rotatable bonds is 3. The summed E-state index contributed by atoms with van der Waals surface area (Å²) in [5.41, 5.74) is 2.65. The van der Waals surface area contributed by atoms with Crippen LogP contribution in [0.5, 0.6) is 0 Å². The third-order valence-electron chi connectivity index (χ3n) is 4.15. The fraction of sp³-hybridized carbons (Fsp3) is 0.667. The van der Waals surface area contributed by atoms with Gasteiger partial charge in [-0.15, -0.1) is 0 Å². The van der Waals surface area contributed by atoms with Crippen molar-refractivity contribution in [2.24, 2.45) is 0 Å². The molecule has 2 aliphatic rings. The van der Waals surface area contributed by atoms with Crippen molar-refractivity contribution in [3.8, 4) is 0 Å². The summed E-state index contributed by atoms with van der Waals surface area (Å²) in [6, 6.07) is 3.22. The maximum absolute atomic E-state index is 4.39. The highest BCUT2D eigenvalue weighted by atomic mass is 15.3. The highest BCUT2D eigenvalue weighted by Crippen LogP contribution is 2.28. The average Bonchev–Trinajstić information content (AvgIpc) is 3.23. The molecular formula is C15H23N3. The van der Waals surface area contributed by atoms with E-state index in [-0.39, 0.29) is 0 Å². The Balaban J connectivity index is 1.66. The number of anilines is 1. The third kappa shape index (κ3) is 2.51. The van der Waals surface area contributed by atoms with Crippen LogP contribution in [0.1, 0.15) is 38.2 Å². The minimum absolute atomic E-state index is 0.560. The van der Waals surface area contributed by atoms with Gasteiger partial charge in [0.15, 0.2) is 0 Å². The lowest BCUT2D eigenvalue weighted by atomic mass is 10.1. The summed E-state index contributed by atoms with van der Waals surface area (Å²) >= 11 is 0. The molecule has 3 heteroatoms. The van der Waals surface area contributed by atoms with Crippen LogP contribution in [-0.4, -0.2) is 42.1 Å². The van der Waals surface area contributed by atoms with E-state index in [0.29, 0.717) is 5.92 Å². The molecule has 2 fully saturated rings. The number of aromatic nitrogens is 1. The van der Waals surface area contributed by atoms with E-state index in [1.54, 1.807) is 0 Å². The lowest BCUT2D eigenvalue weighted by Crippen LogP contribution is -2.47. The van der Waals surface area contributed by atoms with Crippen molar-refractivity contribution in [1.29, 1.82) is 0 Å². The lowest BCUT2D eigenvalue weighted by Gasteiger charge is -2.36. The zero-order valence-electron chi connectivity index (χ0n) is 11.5. The van der Waals surface area contributed by atoms with Crippen molar-refractivity contribution in [1.82, 2.24) is 9.88 Å². The molecule has 0 N–H and O–H groups in total. The number of nitrogens with zero attached hydrogens (tertiary/aromatic N) is 3. The van der Waals surface area contributed by atoms with Crippen molar-refractivity contribution < 1.29 is 0 Å². The molecule has 1 aliphatic heterocycles. The minimum Gasteiger partial charge on any atom is -0.368 e. The summed E-state index contributed by atoms with van der Waals surface area (Å²) in [7, 11) is 0. The summed E-state index contributed by atoms with van der Waals surface area (Å²) in [4.78, 5) is 9.53. The highest BCUT2D eigenvalue weighted by molar-refractivity contribution is 5.47. The van der Waals surface area contributed by atoms with Gasteiger partial charge in [0, 0.05) is 38.4 Å². The van der Waals surface area contributed by atoms with Gasteiger partial charge in [0.1, 0.15) is 0 Å². The first-order valence-corrected chi connectivity index (χ1v) is 7.18. The molecular weight excluding hydrogens is 222 g/mol. The van der Waals surface area contributed by atoms with Crippen molar-refractivity contribution in [2.75, 3.05) is 31.1 Å². The average molecular weight is 245 g/mol. The van der Waals surface area contributed by atoms with Crippen molar-refractivity contribution in [2.45, 2.75) is 38.6 Å². The first kappa shape index (κ1) is 12.0. The Morgan fingerprint density at radius 1 is 1.11 bits per heavy atom. The summed E-state index contributed by atoms with van der Waals surface area (Å²) in [5, 5.41) is 0. The van der Waals surface area contributed by atoms with Crippen molar-refractivity contribution >= 4 is 5.69 Å². The molecule has 0 atom stereocenters. The van der Waals surface area contributed by atoms with E-state index < -0.39 is 0 Å². The van der Waals surface area contributed by atoms with Gasteiger partial charge in [0.25, 0.3) is 0 Å². The van der Waals surface area contributed by atoms with Crippen LogP contribution in [0.15, 0.2) is 18.5 Å². The molecule has 1 aliphatic carbocycles. The van der Waals surface area contributed by atoms with E-state index in [1.807, 2.05) is 12.4 Å². The molecule has 18 heavy (non-hydrogen) atoms. The molecule has 98 valence electrons. The SMILES string of the molecule is CC(C)c1cncc(N2CCN(C3CC3)CC2)c1. The standard InChI is InChI=1S/C15H23N3/c1-12(2)13-9-15(11-16-10-13)18-7-5-17(6-8-18)14-3-4-14/h9-12,14H,3-8H2,1-2H3. The van der Waals surface area contributed by atoms with Crippen LogP contribution >= 0.6 is 0 Å². The van der Waals surface area contributed by atoms with Crippen molar-refractivity contribution in [3.63, 3.8) is 0 Å². The second kappa shape index (κ2) is 4.88. The second-order valence-electron chi connectivity index (χ2n) is 5.89. The maximum atomic E-state index is 4.39. The zero-order chi connectivity index (χ0) is 12.5. The largest absolute Gasteiger partial charge is 0.368 e. The van der Waals surface area contributed by atoms with E-state index in [0.717, 1.165) is 19.1 Å². The monoisotopic (exact) mass is 245 g/mol. The fourth-order valence-corrected chi connectivity index (χ4v) is 2.72. The Kier molecular flexibility index (Phi) is 3.25. The summed E-state index contributed by atoms with van der Waals surface area (Å²) in [6.07, 6.45) is 6.85. The van der Waals surface area contributed by atoms with Gasteiger partial charge < -0.3 is 4.90 Å². The molecule has 3 nitrogen and oxygen atoms in total. The van der Waals surface area contributed by atoms with Crippen LogP contribution in [0, 0.1) is 0 Å². The maximum Gasteiger partial charge on any atom is 0.0556 e. The molecule has 0 aromatic carbocycles. The Hall–Kier alpha value is -1.09. The van der Waals surface area contributed by atoms with E-state index in [2.05, 4.69) is 34.7 Å². The van der Waals surface area contributed by atoms with E-state index in [4.69, 9.17) is 0 Å². The Bertz CT molecular complexity index is 404. The zero-order valence-corrected chi connectivity index (χ0v) is 11.5. The summed E-state index contributed by atoms with van der Waals surface area (Å²) in [5.74, 6) is 0.560. The molecule has 0 amide bonds. The van der Waals surface area contributed by atoms with E-state index in [1.165, 1.54) is 37.2 Å². The number of hydrogen-bond donors (Lipinski definition) is 0. The van der Waals surface area contributed by atoms with Gasteiger partial charge in [0.2, 0.25) is 0 Å². The van der Waals surface area contributed by atoms with E-state index >= 15 is 0 Å². The van der Waals surface area contributed by atoms with Crippen LogP contribution in [0.25, 0.3) is 0 Å². The third-order valence-corrected chi connectivity index (χ3v) is 4.15.